The van der Waals surface area contributed by atoms with Gasteiger partial charge in [0.1, 0.15) is 0 Å². The van der Waals surface area contributed by atoms with Gasteiger partial charge in [0.25, 0.3) is 10.0 Å². The van der Waals surface area contributed by atoms with E-state index >= 15 is 0 Å². The Morgan fingerprint density at radius 1 is 1.16 bits per heavy atom. The fraction of sp³-hybridized carbons (Fsp3) is 0.278. The summed E-state index contributed by atoms with van der Waals surface area (Å²) < 4.78 is 27.1. The second-order valence-corrected chi connectivity index (χ2v) is 8.42. The normalized spacial score (nSPS) is 14.0. The Kier molecular flexibility index (Phi) is 5.62. The molecule has 1 aliphatic heterocycles. The van der Waals surface area contributed by atoms with Crippen LogP contribution in [0.5, 0.6) is 0 Å². The third kappa shape index (κ3) is 6.06. The van der Waals surface area contributed by atoms with Crippen LogP contribution >= 0.6 is 0 Å². The lowest BCUT2D eigenvalue weighted by Crippen LogP contribution is -2.22. The number of aliphatic imine (C=N–C) groups is 1. The molecule has 2 N–H and O–H groups in total. The maximum Gasteiger partial charge on any atom is 0.263 e. The summed E-state index contributed by atoms with van der Waals surface area (Å²) in [5.74, 6) is -0.00984. The molecule has 1 aromatic carbocycles. The van der Waals surface area contributed by atoms with Gasteiger partial charge in [-0.1, -0.05) is 32.6 Å². The molecule has 25 heavy (non-hydrogen) atoms. The molecule has 0 unspecified atom stereocenters. The van der Waals surface area contributed by atoms with Crippen LogP contribution in [0.15, 0.2) is 63.9 Å². The van der Waals surface area contributed by atoms with Crippen molar-refractivity contribution in [2.45, 2.75) is 32.1 Å². The topological polar surface area (TPSA) is 87.6 Å². The Labute approximate surface area is 148 Å². The zero-order chi connectivity index (χ0) is 18.5. The van der Waals surface area contributed by atoms with Gasteiger partial charge < -0.3 is 5.32 Å². The predicted octanol–water partition coefficient (Wildman–Crippen LogP) is 2.98. The third-order valence-electron chi connectivity index (χ3n) is 3.09. The Bertz CT molecular complexity index is 867. The summed E-state index contributed by atoms with van der Waals surface area (Å²) in [6, 6.07) is 5.96. The zero-order valence-corrected chi connectivity index (χ0v) is 15.2. The largest absolute Gasteiger partial charge is 0.326 e. The molecule has 0 aromatic heterocycles. The Morgan fingerprint density at radius 2 is 1.84 bits per heavy atom. The molecule has 2 rings (SSSR count). The summed E-state index contributed by atoms with van der Waals surface area (Å²) in [6.07, 6.45) is 6.78. The van der Waals surface area contributed by atoms with Crippen LogP contribution in [0.4, 0.5) is 5.69 Å². The summed E-state index contributed by atoms with van der Waals surface area (Å²) in [7, 11) is -3.77. The van der Waals surface area contributed by atoms with Gasteiger partial charge in [-0.25, -0.2) is 13.4 Å². The highest BCUT2D eigenvalue weighted by molar-refractivity contribution is 7.89. The number of hydrogen-bond donors (Lipinski definition) is 2. The van der Waals surface area contributed by atoms with Crippen LogP contribution < -0.4 is 10.0 Å². The molecule has 0 saturated carbocycles. The van der Waals surface area contributed by atoms with Crippen LogP contribution in [0.1, 0.15) is 27.2 Å². The molecular formula is C18H21N3O3S. The van der Waals surface area contributed by atoms with Gasteiger partial charge in [0.15, 0.2) is 5.82 Å². The Balaban J connectivity index is 2.08. The monoisotopic (exact) mass is 359 g/mol. The van der Waals surface area contributed by atoms with E-state index < -0.39 is 10.0 Å². The van der Waals surface area contributed by atoms with E-state index in [0.29, 0.717) is 12.1 Å². The fourth-order valence-electron chi connectivity index (χ4n) is 2.03. The highest BCUT2D eigenvalue weighted by atomic mass is 32.2. The summed E-state index contributed by atoms with van der Waals surface area (Å²) in [6.45, 7) is 5.92. The van der Waals surface area contributed by atoms with E-state index in [9.17, 15) is 13.2 Å². The van der Waals surface area contributed by atoms with Crippen molar-refractivity contribution in [2.24, 2.45) is 10.4 Å². The van der Waals surface area contributed by atoms with Crippen molar-refractivity contribution in [1.29, 1.82) is 0 Å². The standard InChI is InChI=1S/C18H21N3O3S/c1-18(2,3)13-17(22)20-14-8-10-15(11-9-14)25(23,24)21-16-7-5-4-6-12-19-16/h4-6,8-12,21H,13H2,1-3H3,(H,20,22). The molecule has 0 saturated heterocycles. The maximum atomic E-state index is 12.4. The van der Waals surface area contributed by atoms with Gasteiger partial charge in [-0.2, -0.15) is 0 Å². The summed E-state index contributed by atoms with van der Waals surface area (Å²) in [5, 5.41) is 2.76. The van der Waals surface area contributed by atoms with Gasteiger partial charge in [-0.3, -0.25) is 9.52 Å². The molecule has 0 radical (unpaired) electrons. The minimum atomic E-state index is -3.77. The molecule has 6 nitrogen and oxygen atoms in total. The van der Waals surface area contributed by atoms with Crippen LogP contribution in [0.25, 0.3) is 0 Å². The molecule has 1 aliphatic rings. The number of anilines is 1. The van der Waals surface area contributed by atoms with Crippen molar-refractivity contribution >= 4 is 27.8 Å². The molecule has 1 amide bonds. The van der Waals surface area contributed by atoms with Gasteiger partial charge in [-0.15, -0.1) is 0 Å². The number of carbonyl (C=O) groups is 1. The van der Waals surface area contributed by atoms with Crippen LogP contribution in [-0.2, 0) is 14.8 Å². The maximum absolute atomic E-state index is 12.4. The number of nitrogens with one attached hydrogen (secondary N) is 2. The van der Waals surface area contributed by atoms with E-state index in [-0.39, 0.29) is 22.0 Å². The fourth-order valence-corrected chi connectivity index (χ4v) is 3.01. The smallest absolute Gasteiger partial charge is 0.263 e. The quantitative estimate of drug-likeness (QED) is 0.792. The van der Waals surface area contributed by atoms with Crippen molar-refractivity contribution in [2.75, 3.05) is 5.32 Å². The zero-order valence-electron chi connectivity index (χ0n) is 14.4. The van der Waals surface area contributed by atoms with Crippen LogP contribution in [-0.4, -0.2) is 20.5 Å². The molecule has 1 heterocycles. The first-order chi connectivity index (χ1) is 11.7. The summed E-state index contributed by atoms with van der Waals surface area (Å²) in [5.41, 5.74) is 3.15. The number of sulfonamides is 1. The van der Waals surface area contributed by atoms with E-state index in [1.54, 1.807) is 30.4 Å². The number of allylic oxidation sites excluding steroid dienone is 3. The second kappa shape index (κ2) is 7.51. The SMILES string of the molecule is CC(C)(C)CC(=O)Nc1ccc(S(=O)(=O)NC2=C=CC=CC=N2)cc1. The van der Waals surface area contributed by atoms with Gasteiger partial charge in [0, 0.05) is 18.3 Å². The first-order valence-electron chi connectivity index (χ1n) is 7.74. The lowest BCUT2D eigenvalue weighted by atomic mass is 9.92. The molecule has 0 spiro atoms. The number of hydrogen-bond acceptors (Lipinski definition) is 4. The second-order valence-electron chi connectivity index (χ2n) is 6.74. The highest BCUT2D eigenvalue weighted by Gasteiger charge is 2.17. The van der Waals surface area contributed by atoms with E-state index in [2.05, 4.69) is 20.8 Å². The van der Waals surface area contributed by atoms with Crippen molar-refractivity contribution < 1.29 is 13.2 Å². The Morgan fingerprint density at radius 3 is 2.48 bits per heavy atom. The molecule has 0 atom stereocenters. The molecule has 7 heteroatoms. The number of carbonyl (C=O) groups excluding carboxylic acids is 1. The predicted molar refractivity (Wildman–Crippen MR) is 98.7 cm³/mol. The molecule has 1 aromatic rings. The minimum Gasteiger partial charge on any atom is -0.326 e. The molecule has 0 aliphatic carbocycles. The first kappa shape index (κ1) is 18.7. The third-order valence-corrected chi connectivity index (χ3v) is 4.44. The number of nitrogens with zero attached hydrogens (tertiary/aromatic N) is 1. The first-order valence-corrected chi connectivity index (χ1v) is 9.23. The van der Waals surface area contributed by atoms with Crippen molar-refractivity contribution in [3.8, 4) is 0 Å². The van der Waals surface area contributed by atoms with E-state index in [4.69, 9.17) is 0 Å². The molecule has 132 valence electrons. The lowest BCUT2D eigenvalue weighted by Gasteiger charge is -2.17. The van der Waals surface area contributed by atoms with E-state index in [1.165, 1.54) is 18.3 Å². The van der Waals surface area contributed by atoms with Crippen molar-refractivity contribution in [3.05, 3.63) is 54.0 Å². The van der Waals surface area contributed by atoms with Gasteiger partial charge in [0.05, 0.1) is 4.90 Å². The lowest BCUT2D eigenvalue weighted by molar-refractivity contribution is -0.117. The highest BCUT2D eigenvalue weighted by Crippen LogP contribution is 2.20. The summed E-state index contributed by atoms with van der Waals surface area (Å²) >= 11 is 0. The molecule has 0 fully saturated rings. The Hall–Kier alpha value is -2.63. The number of amides is 1. The molecule has 0 bridgehead atoms. The average Bonchev–Trinajstić information content (AvgIpc) is 2.74. The van der Waals surface area contributed by atoms with E-state index in [1.807, 2.05) is 20.8 Å². The molecular weight excluding hydrogens is 338 g/mol. The van der Waals surface area contributed by atoms with Crippen LogP contribution in [0.3, 0.4) is 0 Å². The van der Waals surface area contributed by atoms with Crippen LogP contribution in [0.2, 0.25) is 0 Å². The van der Waals surface area contributed by atoms with Gasteiger partial charge in [-0.05, 0) is 41.8 Å². The van der Waals surface area contributed by atoms with Gasteiger partial charge >= 0.3 is 0 Å². The van der Waals surface area contributed by atoms with Crippen molar-refractivity contribution in [3.63, 3.8) is 0 Å². The minimum absolute atomic E-state index is 0.0722. The number of benzene rings is 1. The van der Waals surface area contributed by atoms with Crippen LogP contribution in [0, 0.1) is 5.41 Å². The summed E-state index contributed by atoms with van der Waals surface area (Å²) in [4.78, 5) is 15.9. The van der Waals surface area contributed by atoms with Crippen molar-refractivity contribution in [1.82, 2.24) is 4.72 Å². The average molecular weight is 359 g/mol. The van der Waals surface area contributed by atoms with Gasteiger partial charge in [0.2, 0.25) is 5.91 Å². The number of rotatable bonds is 5. The van der Waals surface area contributed by atoms with E-state index in [0.717, 1.165) is 0 Å².